The number of hydrogen-bond donors (Lipinski definition) is 1. The molecule has 1 N–H and O–H groups in total. The van der Waals surface area contributed by atoms with Gasteiger partial charge < -0.3 is 10.1 Å². The molecule has 0 spiro atoms. The predicted molar refractivity (Wildman–Crippen MR) is 84.3 cm³/mol. The molecule has 0 bridgehead atoms. The van der Waals surface area contributed by atoms with Gasteiger partial charge in [0.15, 0.2) is 5.82 Å². The van der Waals surface area contributed by atoms with Crippen LogP contribution < -0.4 is 10.1 Å². The number of rotatable bonds is 5. The largest absolute Gasteiger partial charge is 0.489 e. The number of hydrogen-bond acceptors (Lipinski definition) is 7. The average molecular weight is 311 g/mol. The lowest BCUT2D eigenvalue weighted by atomic mass is 10.3. The second-order valence-corrected chi connectivity index (χ2v) is 5.71. The van der Waals surface area contributed by atoms with Crippen LogP contribution in [0.3, 0.4) is 0 Å². The lowest BCUT2D eigenvalue weighted by molar-refractivity contribution is 0.302. The van der Waals surface area contributed by atoms with Gasteiger partial charge in [-0.15, -0.1) is 0 Å². The lowest BCUT2D eigenvalue weighted by Crippen LogP contribution is -1.96. The van der Waals surface area contributed by atoms with Crippen LogP contribution in [0.4, 0.5) is 10.9 Å². The molecule has 0 aromatic carbocycles. The van der Waals surface area contributed by atoms with Crippen LogP contribution in [0.5, 0.6) is 5.75 Å². The summed E-state index contributed by atoms with van der Waals surface area (Å²) in [4.78, 5) is 13.0. The zero-order chi connectivity index (χ0) is 14.8. The minimum atomic E-state index is 0.374. The Bertz CT molecular complexity index is 755. The lowest BCUT2D eigenvalue weighted by Gasteiger charge is -2.03. The normalized spacial score (nSPS) is 13.8. The van der Waals surface area contributed by atoms with Gasteiger partial charge in [0.1, 0.15) is 17.3 Å². The highest BCUT2D eigenvalue weighted by atomic mass is 32.1. The Morgan fingerprint density at radius 1 is 1.14 bits per heavy atom. The van der Waals surface area contributed by atoms with Gasteiger partial charge in [0.25, 0.3) is 0 Å². The number of anilines is 2. The van der Waals surface area contributed by atoms with E-state index in [1.165, 1.54) is 11.5 Å². The average Bonchev–Trinajstić information content (AvgIpc) is 3.25. The second kappa shape index (κ2) is 5.69. The summed E-state index contributed by atoms with van der Waals surface area (Å²) in [5.74, 6) is 2.14. The first-order valence-electron chi connectivity index (χ1n) is 7.02. The topological polar surface area (TPSA) is 72.8 Å². The molecule has 0 unspecified atom stereocenters. The van der Waals surface area contributed by atoms with Gasteiger partial charge in [-0.25, -0.2) is 9.97 Å². The highest BCUT2D eigenvalue weighted by Gasteiger charge is 2.23. The van der Waals surface area contributed by atoms with Gasteiger partial charge in [0.05, 0.1) is 12.3 Å². The summed E-state index contributed by atoms with van der Waals surface area (Å²) < 4.78 is 10.0. The van der Waals surface area contributed by atoms with E-state index in [-0.39, 0.29) is 0 Å². The molecule has 3 heterocycles. The van der Waals surface area contributed by atoms with E-state index in [0.29, 0.717) is 17.1 Å². The Labute approximate surface area is 131 Å². The fourth-order valence-corrected chi connectivity index (χ4v) is 2.47. The molecule has 4 rings (SSSR count). The van der Waals surface area contributed by atoms with Gasteiger partial charge in [-0.3, -0.25) is 0 Å². The zero-order valence-electron chi connectivity index (χ0n) is 11.6. The first-order chi connectivity index (χ1) is 10.9. The molecule has 3 aromatic heterocycles. The van der Waals surface area contributed by atoms with E-state index in [9.17, 15) is 0 Å². The van der Waals surface area contributed by atoms with Crippen LogP contribution in [-0.2, 0) is 0 Å². The van der Waals surface area contributed by atoms with E-state index in [1.807, 2.05) is 30.3 Å². The first-order valence-corrected chi connectivity index (χ1v) is 7.79. The molecule has 0 amide bonds. The summed E-state index contributed by atoms with van der Waals surface area (Å²) in [5.41, 5.74) is 0.730. The molecular weight excluding hydrogens is 298 g/mol. The third kappa shape index (κ3) is 3.04. The van der Waals surface area contributed by atoms with Crippen LogP contribution in [0.1, 0.15) is 12.8 Å². The first kappa shape index (κ1) is 13.1. The van der Waals surface area contributed by atoms with Gasteiger partial charge in [-0.05, 0) is 37.1 Å². The van der Waals surface area contributed by atoms with E-state index in [0.717, 1.165) is 30.1 Å². The number of nitrogens with one attached hydrogen (secondary N) is 1. The molecule has 0 saturated heterocycles. The van der Waals surface area contributed by atoms with Crippen molar-refractivity contribution >= 4 is 22.5 Å². The van der Waals surface area contributed by atoms with E-state index in [1.54, 1.807) is 12.4 Å². The van der Waals surface area contributed by atoms with E-state index >= 15 is 0 Å². The van der Waals surface area contributed by atoms with Crippen molar-refractivity contribution in [2.75, 3.05) is 5.32 Å². The Hall–Kier alpha value is -2.54. The van der Waals surface area contributed by atoms with E-state index < -0.39 is 0 Å². The highest BCUT2D eigenvalue weighted by molar-refractivity contribution is 7.09. The molecule has 6 nitrogen and oxygen atoms in total. The zero-order valence-corrected chi connectivity index (χ0v) is 12.5. The predicted octanol–water partition coefficient (Wildman–Crippen LogP) is 3.28. The van der Waals surface area contributed by atoms with Crippen molar-refractivity contribution in [1.29, 1.82) is 0 Å². The summed E-state index contributed by atoms with van der Waals surface area (Å²) in [7, 11) is 0. The summed E-state index contributed by atoms with van der Waals surface area (Å²) in [5, 5.41) is 3.81. The standard InChI is InChI=1S/C15H13N5OS/c1-2-8-16-13(3-1)18-15-19-14(20-22-15)12-7-6-11(9-17-12)21-10-4-5-10/h1-3,6-10H,4-5H2,(H,16,18,19,20). The van der Waals surface area contributed by atoms with Crippen molar-refractivity contribution in [3.8, 4) is 17.3 Å². The van der Waals surface area contributed by atoms with Crippen LogP contribution in [0.2, 0.25) is 0 Å². The smallest absolute Gasteiger partial charge is 0.208 e. The van der Waals surface area contributed by atoms with Gasteiger partial charge in [-0.1, -0.05) is 6.07 Å². The molecule has 0 atom stereocenters. The number of pyridine rings is 2. The third-order valence-electron chi connectivity index (χ3n) is 3.12. The molecule has 3 aromatic rings. The number of ether oxygens (including phenoxy) is 1. The fourth-order valence-electron chi connectivity index (χ4n) is 1.89. The van der Waals surface area contributed by atoms with E-state index in [2.05, 4.69) is 24.6 Å². The minimum Gasteiger partial charge on any atom is -0.489 e. The van der Waals surface area contributed by atoms with Crippen molar-refractivity contribution in [3.05, 3.63) is 42.7 Å². The number of nitrogens with zero attached hydrogens (tertiary/aromatic N) is 4. The van der Waals surface area contributed by atoms with Gasteiger partial charge >= 0.3 is 0 Å². The molecule has 22 heavy (non-hydrogen) atoms. The Morgan fingerprint density at radius 3 is 2.82 bits per heavy atom. The summed E-state index contributed by atoms with van der Waals surface area (Å²) >= 11 is 1.28. The van der Waals surface area contributed by atoms with Crippen LogP contribution in [-0.4, -0.2) is 25.4 Å². The maximum absolute atomic E-state index is 5.68. The molecule has 110 valence electrons. The summed E-state index contributed by atoms with van der Waals surface area (Å²) in [6, 6.07) is 9.45. The summed E-state index contributed by atoms with van der Waals surface area (Å²) in [6.07, 6.45) is 6.10. The monoisotopic (exact) mass is 311 g/mol. The molecule has 0 radical (unpaired) electrons. The quantitative estimate of drug-likeness (QED) is 0.779. The SMILES string of the molecule is c1ccc(Nc2nc(-c3ccc(OC4CC4)cn3)ns2)nc1. The molecular formula is C15H13N5OS. The second-order valence-electron chi connectivity index (χ2n) is 4.96. The number of aromatic nitrogens is 4. The van der Waals surface area contributed by atoms with Crippen molar-refractivity contribution in [3.63, 3.8) is 0 Å². The minimum absolute atomic E-state index is 0.374. The van der Waals surface area contributed by atoms with Crippen molar-refractivity contribution in [1.82, 2.24) is 19.3 Å². The van der Waals surface area contributed by atoms with Crippen LogP contribution in [0, 0.1) is 0 Å². The van der Waals surface area contributed by atoms with Gasteiger partial charge in [-0.2, -0.15) is 9.36 Å². The molecule has 1 fully saturated rings. The molecule has 1 saturated carbocycles. The molecule has 7 heteroatoms. The van der Waals surface area contributed by atoms with Crippen LogP contribution >= 0.6 is 11.5 Å². The molecule has 1 aliphatic rings. The van der Waals surface area contributed by atoms with Crippen molar-refractivity contribution < 1.29 is 4.74 Å². The highest BCUT2D eigenvalue weighted by Crippen LogP contribution is 2.27. The van der Waals surface area contributed by atoms with Crippen LogP contribution in [0.25, 0.3) is 11.5 Å². The van der Waals surface area contributed by atoms with E-state index in [4.69, 9.17) is 4.74 Å². The van der Waals surface area contributed by atoms with Crippen molar-refractivity contribution in [2.24, 2.45) is 0 Å². The molecule has 0 aliphatic heterocycles. The van der Waals surface area contributed by atoms with Crippen molar-refractivity contribution in [2.45, 2.75) is 18.9 Å². The maximum Gasteiger partial charge on any atom is 0.208 e. The van der Waals surface area contributed by atoms with Gasteiger partial charge in [0.2, 0.25) is 5.13 Å². The maximum atomic E-state index is 5.68. The fraction of sp³-hybridized carbons (Fsp3) is 0.200. The Balaban J connectivity index is 1.48. The van der Waals surface area contributed by atoms with Crippen LogP contribution in [0.15, 0.2) is 42.7 Å². The Kier molecular flexibility index (Phi) is 3.40. The Morgan fingerprint density at radius 2 is 2.09 bits per heavy atom. The third-order valence-corrected chi connectivity index (χ3v) is 3.75. The van der Waals surface area contributed by atoms with Gasteiger partial charge in [0, 0.05) is 17.7 Å². The summed E-state index contributed by atoms with van der Waals surface area (Å²) in [6.45, 7) is 0. The molecule has 1 aliphatic carbocycles.